The van der Waals surface area contributed by atoms with Gasteiger partial charge in [-0.1, -0.05) is 18.2 Å². The molecule has 11 nitrogen and oxygen atoms in total. The summed E-state index contributed by atoms with van der Waals surface area (Å²) in [4.78, 5) is 53.5. The predicted octanol–water partition coefficient (Wildman–Crippen LogP) is 2.99. The van der Waals surface area contributed by atoms with E-state index in [0.717, 1.165) is 47.5 Å². The zero-order chi connectivity index (χ0) is 31.0. The van der Waals surface area contributed by atoms with E-state index in [2.05, 4.69) is 5.32 Å². The molecule has 3 heterocycles. The van der Waals surface area contributed by atoms with Crippen molar-refractivity contribution in [2.24, 2.45) is 0 Å². The lowest BCUT2D eigenvalue weighted by Gasteiger charge is -2.26. The number of aliphatic hydroxyl groups is 1. The highest BCUT2D eigenvalue weighted by Crippen LogP contribution is 2.30. The van der Waals surface area contributed by atoms with E-state index in [4.69, 9.17) is 19.3 Å². The van der Waals surface area contributed by atoms with Gasteiger partial charge in [-0.05, 0) is 71.1 Å². The number of carbonyl (C=O) groups excluding carboxylic acids is 2. The largest absolute Gasteiger partial charge is 0.496 e. The highest BCUT2D eigenvalue weighted by molar-refractivity contribution is 7.20. The lowest BCUT2D eigenvalue weighted by molar-refractivity contribution is -0.128. The predicted molar refractivity (Wildman–Crippen MR) is 162 cm³/mol. The first-order valence-corrected chi connectivity index (χ1v) is 14.9. The summed E-state index contributed by atoms with van der Waals surface area (Å²) in [6, 6.07) is 7.47. The summed E-state index contributed by atoms with van der Waals surface area (Å²) in [7, 11) is 1.58. The van der Waals surface area contributed by atoms with E-state index in [1.54, 1.807) is 27.9 Å². The third-order valence-corrected chi connectivity index (χ3v) is 8.41. The van der Waals surface area contributed by atoms with E-state index in [1.807, 2.05) is 24.3 Å². The molecule has 4 rings (SSSR count). The van der Waals surface area contributed by atoms with Gasteiger partial charge in [0, 0.05) is 26.3 Å². The number of para-hydroxylation sites is 1. The summed E-state index contributed by atoms with van der Waals surface area (Å²) in [5.41, 5.74) is -1.37. The number of ether oxygens (including phenoxy) is 3. The van der Waals surface area contributed by atoms with Crippen LogP contribution in [0.3, 0.4) is 0 Å². The van der Waals surface area contributed by atoms with Gasteiger partial charge in [0.2, 0.25) is 5.91 Å². The first-order valence-electron chi connectivity index (χ1n) is 14.1. The van der Waals surface area contributed by atoms with E-state index in [0.29, 0.717) is 29.1 Å². The Kier molecular flexibility index (Phi) is 11.5. The minimum atomic E-state index is -1.46. The van der Waals surface area contributed by atoms with Crippen molar-refractivity contribution in [3.63, 3.8) is 0 Å². The number of esters is 1. The van der Waals surface area contributed by atoms with E-state index in [-0.39, 0.29) is 29.5 Å². The quantitative estimate of drug-likeness (QED) is 0.356. The number of aryl methyl sites for hydroxylation is 3. The zero-order valence-corrected chi connectivity index (χ0v) is 26.0. The molecule has 0 radical (unpaired) electrons. The molecule has 0 unspecified atom stereocenters. The molecule has 0 aliphatic carbocycles. The molecule has 230 valence electrons. The first-order chi connectivity index (χ1) is 20.0. The van der Waals surface area contributed by atoms with Crippen LogP contribution in [-0.2, 0) is 32.8 Å². The molecule has 0 saturated carbocycles. The Balaban J connectivity index is 0.000000603. The molecule has 1 aliphatic heterocycles. The van der Waals surface area contributed by atoms with Crippen LogP contribution in [0.2, 0.25) is 0 Å². The second kappa shape index (κ2) is 14.6. The third kappa shape index (κ3) is 7.11. The van der Waals surface area contributed by atoms with Crippen molar-refractivity contribution < 1.29 is 28.9 Å². The van der Waals surface area contributed by atoms with Crippen LogP contribution < -0.4 is 21.3 Å². The smallest absolute Gasteiger partial charge is 0.348 e. The molecule has 42 heavy (non-hydrogen) atoms. The fourth-order valence-corrected chi connectivity index (χ4v) is 5.95. The Morgan fingerprint density at radius 3 is 2.40 bits per heavy atom. The Hall–Kier alpha value is -3.48. The van der Waals surface area contributed by atoms with Gasteiger partial charge in [0.1, 0.15) is 21.0 Å². The average Bonchev–Trinajstić information content (AvgIpc) is 3.31. The molecule has 0 atom stereocenters. The number of nitrogens with zero attached hydrogens (tertiary/aromatic N) is 2. The second-order valence-corrected chi connectivity index (χ2v) is 11.4. The van der Waals surface area contributed by atoms with E-state index >= 15 is 0 Å². The number of aromatic nitrogens is 2. The summed E-state index contributed by atoms with van der Waals surface area (Å²) >= 11 is 1.05. The monoisotopic (exact) mass is 603 g/mol. The molecule has 1 amide bonds. The van der Waals surface area contributed by atoms with Crippen molar-refractivity contribution in [1.82, 2.24) is 14.5 Å². The minimum Gasteiger partial charge on any atom is -0.496 e. The molecule has 2 aromatic heterocycles. The van der Waals surface area contributed by atoms with Gasteiger partial charge in [0.05, 0.1) is 25.2 Å². The van der Waals surface area contributed by atoms with Crippen molar-refractivity contribution in [3.8, 4) is 5.75 Å². The number of hydrogen-bond acceptors (Lipinski definition) is 9. The summed E-state index contributed by atoms with van der Waals surface area (Å²) in [5.74, 6) is -0.320. The number of methoxy groups -OCH3 is 1. The van der Waals surface area contributed by atoms with E-state index in [1.165, 1.54) is 18.4 Å². The maximum atomic E-state index is 13.8. The number of carbonyl (C=O) groups is 2. The highest BCUT2D eigenvalue weighted by Gasteiger charge is 2.35. The number of rotatable bonds is 9. The molecular formula is C30H41N3O8S. The first kappa shape index (κ1) is 33.0. The van der Waals surface area contributed by atoms with Gasteiger partial charge in [-0.2, -0.15) is 0 Å². The van der Waals surface area contributed by atoms with Crippen molar-refractivity contribution in [3.05, 3.63) is 61.1 Å². The molecule has 0 bridgehead atoms. The van der Waals surface area contributed by atoms with Crippen molar-refractivity contribution in [2.45, 2.75) is 72.1 Å². The fraction of sp³-hybridized carbons (Fsp3) is 0.533. The zero-order valence-electron chi connectivity index (χ0n) is 25.2. The number of thiophene rings is 1. The summed E-state index contributed by atoms with van der Waals surface area (Å²) in [6.45, 7) is 10.4. The number of fused-ring (bicyclic) bond motifs is 1. The van der Waals surface area contributed by atoms with Gasteiger partial charge < -0.3 is 24.6 Å². The number of benzene rings is 1. The van der Waals surface area contributed by atoms with Crippen LogP contribution >= 0.6 is 11.3 Å². The van der Waals surface area contributed by atoms with Gasteiger partial charge in [0.15, 0.2) is 0 Å². The van der Waals surface area contributed by atoms with Crippen LogP contribution in [0.4, 0.5) is 0 Å². The van der Waals surface area contributed by atoms with Crippen molar-refractivity contribution in [1.29, 1.82) is 0 Å². The number of likely N-dealkylation sites (N-methyl/N-ethyl adjacent to an activating group) is 1. The van der Waals surface area contributed by atoms with Crippen LogP contribution in [-0.4, -0.2) is 65.7 Å². The lowest BCUT2D eigenvalue weighted by atomic mass is 10.0. The third-order valence-electron chi connectivity index (χ3n) is 7.11. The van der Waals surface area contributed by atoms with Crippen LogP contribution in [0, 0.1) is 6.92 Å². The number of amides is 1. The average molecular weight is 604 g/mol. The molecule has 0 spiro atoms. The van der Waals surface area contributed by atoms with Crippen molar-refractivity contribution in [2.75, 3.05) is 33.5 Å². The molecule has 1 saturated heterocycles. The molecule has 1 aromatic carbocycles. The Morgan fingerprint density at radius 2 is 1.83 bits per heavy atom. The molecular weight excluding hydrogens is 562 g/mol. The molecule has 1 fully saturated rings. The summed E-state index contributed by atoms with van der Waals surface area (Å²) in [6.07, 6.45) is 1.98. The SMILES string of the molecule is CCNC(=O)C(C)(C)n1c(=O)c2c(C)c(C(=O)OCC)sc2n(CCc2ccccc2OC)c1=O.OC1CCOCC1. The number of aliphatic hydroxyl groups excluding tert-OH is 1. The van der Waals surface area contributed by atoms with Crippen LogP contribution in [0.1, 0.15) is 61.3 Å². The summed E-state index contributed by atoms with van der Waals surface area (Å²) in [5, 5.41) is 11.8. The topological polar surface area (TPSA) is 138 Å². The maximum Gasteiger partial charge on any atom is 0.348 e. The second-order valence-electron chi connectivity index (χ2n) is 10.4. The standard InChI is InChI=1S/C25H31N3O6S.C5H10O2/c1-7-26-23(31)25(4,5)28-20(29)18-15(3)19(22(30)34-8-2)35-21(18)27(24(28)32)14-13-16-11-9-10-12-17(16)33-6;6-5-1-3-7-4-2-5/h9-12H,7-8,13-14H2,1-6H3,(H,26,31);5-6H,1-4H2. The van der Waals surface area contributed by atoms with Gasteiger partial charge in [-0.25, -0.2) is 14.2 Å². The lowest BCUT2D eigenvalue weighted by Crippen LogP contribution is -2.55. The van der Waals surface area contributed by atoms with Gasteiger partial charge in [0.25, 0.3) is 5.56 Å². The van der Waals surface area contributed by atoms with E-state index in [9.17, 15) is 19.2 Å². The maximum absolute atomic E-state index is 13.8. The van der Waals surface area contributed by atoms with Gasteiger partial charge in [-0.15, -0.1) is 11.3 Å². The number of nitrogens with one attached hydrogen (secondary N) is 1. The molecule has 2 N–H and O–H groups in total. The van der Waals surface area contributed by atoms with Crippen LogP contribution in [0.25, 0.3) is 10.2 Å². The molecule has 12 heteroatoms. The van der Waals surface area contributed by atoms with Gasteiger partial charge in [-0.3, -0.25) is 14.2 Å². The number of hydrogen-bond donors (Lipinski definition) is 2. The van der Waals surface area contributed by atoms with E-state index < -0.39 is 28.7 Å². The molecule has 3 aromatic rings. The Labute approximate surface area is 249 Å². The Morgan fingerprint density at radius 1 is 1.17 bits per heavy atom. The van der Waals surface area contributed by atoms with Crippen molar-refractivity contribution >= 4 is 33.4 Å². The molecule has 1 aliphatic rings. The Bertz CT molecular complexity index is 1520. The van der Waals surface area contributed by atoms with Crippen LogP contribution in [0.15, 0.2) is 33.9 Å². The minimum absolute atomic E-state index is 0.0891. The van der Waals surface area contributed by atoms with Gasteiger partial charge >= 0.3 is 11.7 Å². The summed E-state index contributed by atoms with van der Waals surface area (Å²) < 4.78 is 18.0. The van der Waals surface area contributed by atoms with Crippen LogP contribution in [0.5, 0.6) is 5.75 Å². The highest BCUT2D eigenvalue weighted by atomic mass is 32.1. The fourth-order valence-electron chi connectivity index (χ4n) is 4.73. The normalized spacial score (nSPS) is 13.8.